The summed E-state index contributed by atoms with van der Waals surface area (Å²) >= 11 is 2.26. The Kier molecular flexibility index (Phi) is 8.39. The maximum atomic E-state index is 12.8. The highest BCUT2D eigenvalue weighted by Crippen LogP contribution is 2.33. The second-order valence-corrected chi connectivity index (χ2v) is 9.98. The zero-order chi connectivity index (χ0) is 21.5. The van der Waals surface area contributed by atoms with E-state index in [1.54, 1.807) is 0 Å². The van der Waals surface area contributed by atoms with Gasteiger partial charge in [-0.3, -0.25) is 9.69 Å². The summed E-state index contributed by atoms with van der Waals surface area (Å²) in [6, 6.07) is 16.7. The molecule has 0 radical (unpaired) electrons. The molecule has 2 aromatic rings. The van der Waals surface area contributed by atoms with Crippen molar-refractivity contribution in [3.8, 4) is 5.75 Å². The van der Waals surface area contributed by atoms with Gasteiger partial charge in [0, 0.05) is 21.7 Å². The first kappa shape index (κ1) is 22.7. The molecule has 2 heterocycles. The van der Waals surface area contributed by atoms with E-state index < -0.39 is 0 Å². The largest absolute Gasteiger partial charge is 0.494 e. The molecule has 2 aromatic carbocycles. The Balaban J connectivity index is 1.31. The molecule has 2 aliphatic rings. The summed E-state index contributed by atoms with van der Waals surface area (Å²) in [6.45, 7) is 5.84. The number of benzene rings is 2. The van der Waals surface area contributed by atoms with Crippen LogP contribution in [0.5, 0.6) is 5.75 Å². The van der Waals surface area contributed by atoms with Gasteiger partial charge in [-0.25, -0.2) is 0 Å². The molecule has 0 saturated carbocycles. The van der Waals surface area contributed by atoms with E-state index >= 15 is 0 Å². The predicted molar refractivity (Wildman–Crippen MR) is 134 cm³/mol. The van der Waals surface area contributed by atoms with Gasteiger partial charge in [-0.2, -0.15) is 0 Å². The summed E-state index contributed by atoms with van der Waals surface area (Å²) in [4.78, 5) is 17.7. The van der Waals surface area contributed by atoms with E-state index in [4.69, 9.17) is 4.74 Å². The first-order valence-corrected chi connectivity index (χ1v) is 12.7. The molecule has 166 valence electrons. The average molecular weight is 532 g/mol. The number of likely N-dealkylation sites (tertiary alicyclic amines) is 2. The van der Waals surface area contributed by atoms with Crippen LogP contribution in [0.2, 0.25) is 0 Å². The van der Waals surface area contributed by atoms with Gasteiger partial charge in [0.05, 0.1) is 13.2 Å². The van der Waals surface area contributed by atoms with Crippen molar-refractivity contribution in [3.63, 3.8) is 0 Å². The molecule has 2 saturated heterocycles. The highest BCUT2D eigenvalue weighted by molar-refractivity contribution is 14.1. The molecule has 0 bridgehead atoms. The van der Waals surface area contributed by atoms with Crippen molar-refractivity contribution >= 4 is 28.4 Å². The van der Waals surface area contributed by atoms with Crippen LogP contribution < -0.4 is 4.74 Å². The van der Waals surface area contributed by atoms with Gasteiger partial charge in [0.25, 0.3) is 0 Å². The Labute approximate surface area is 200 Å². The highest BCUT2D eigenvalue weighted by Gasteiger charge is 2.28. The molecule has 0 N–H and O–H groups in total. The monoisotopic (exact) mass is 532 g/mol. The van der Waals surface area contributed by atoms with E-state index in [-0.39, 0.29) is 5.78 Å². The molecule has 0 aliphatic carbocycles. The smallest absolute Gasteiger partial charge is 0.176 e. The molecule has 5 heteroatoms. The minimum absolute atomic E-state index is 0.204. The molecule has 4 rings (SSSR count). The van der Waals surface area contributed by atoms with Crippen LogP contribution in [-0.4, -0.2) is 54.9 Å². The molecular formula is C26H33IN2O2. The van der Waals surface area contributed by atoms with Gasteiger partial charge < -0.3 is 9.64 Å². The van der Waals surface area contributed by atoms with Crippen LogP contribution in [0.15, 0.2) is 48.5 Å². The maximum Gasteiger partial charge on any atom is 0.176 e. The number of hydrogen-bond acceptors (Lipinski definition) is 4. The predicted octanol–water partition coefficient (Wildman–Crippen LogP) is 5.57. The van der Waals surface area contributed by atoms with E-state index in [0.717, 1.165) is 53.8 Å². The fourth-order valence-corrected chi connectivity index (χ4v) is 5.35. The van der Waals surface area contributed by atoms with Gasteiger partial charge in [-0.05, 0) is 104 Å². The third-order valence-electron chi connectivity index (χ3n) is 6.44. The lowest BCUT2D eigenvalue weighted by Crippen LogP contribution is -2.31. The number of nitrogens with zero attached hydrogens (tertiary/aromatic N) is 2. The Morgan fingerprint density at radius 3 is 2.68 bits per heavy atom. The average Bonchev–Trinajstić information content (AvgIpc) is 3.26. The van der Waals surface area contributed by atoms with Crippen LogP contribution >= 0.6 is 22.6 Å². The fraction of sp³-hybridized carbons (Fsp3) is 0.500. The summed E-state index contributed by atoms with van der Waals surface area (Å²) in [5.41, 5.74) is 2.07. The number of rotatable bonds is 9. The third kappa shape index (κ3) is 6.53. The molecule has 2 aliphatic heterocycles. The number of carbonyl (C=O) groups excluding carboxylic acids is 1. The van der Waals surface area contributed by atoms with Gasteiger partial charge >= 0.3 is 0 Å². The van der Waals surface area contributed by atoms with Crippen LogP contribution in [0.1, 0.15) is 60.5 Å². The summed E-state index contributed by atoms with van der Waals surface area (Å²) in [5.74, 6) is 1.16. The number of halogens is 1. The van der Waals surface area contributed by atoms with E-state index in [9.17, 15) is 4.79 Å². The van der Waals surface area contributed by atoms with Gasteiger partial charge in [0.1, 0.15) is 5.75 Å². The summed E-state index contributed by atoms with van der Waals surface area (Å²) < 4.78 is 7.19. The zero-order valence-corrected chi connectivity index (χ0v) is 20.4. The molecule has 31 heavy (non-hydrogen) atoms. The van der Waals surface area contributed by atoms with Crippen LogP contribution in [-0.2, 0) is 0 Å². The first-order chi connectivity index (χ1) is 15.2. The molecule has 0 spiro atoms. The van der Waals surface area contributed by atoms with Crippen molar-refractivity contribution in [1.82, 2.24) is 9.80 Å². The fourth-order valence-electron chi connectivity index (χ4n) is 4.80. The number of hydrogen-bond donors (Lipinski definition) is 0. The normalized spacial score (nSPS) is 20.1. The quantitative estimate of drug-likeness (QED) is 0.240. The molecule has 1 unspecified atom stereocenters. The van der Waals surface area contributed by atoms with Gasteiger partial charge in [-0.1, -0.05) is 30.7 Å². The summed E-state index contributed by atoms with van der Waals surface area (Å²) in [7, 11) is 0. The lowest BCUT2D eigenvalue weighted by atomic mass is 10.0. The van der Waals surface area contributed by atoms with Crippen molar-refractivity contribution < 1.29 is 9.53 Å². The topological polar surface area (TPSA) is 32.8 Å². The summed E-state index contributed by atoms with van der Waals surface area (Å²) in [6.07, 6.45) is 7.36. The van der Waals surface area contributed by atoms with Crippen LogP contribution in [0.25, 0.3) is 0 Å². The van der Waals surface area contributed by atoms with Crippen molar-refractivity contribution in [2.75, 3.05) is 39.3 Å². The second kappa shape index (κ2) is 11.4. The number of Topliss-reactive ketones (excluding diaryl/α,β-unsaturated/α-hetero) is 1. The van der Waals surface area contributed by atoms with E-state index in [1.807, 2.05) is 24.3 Å². The number of ketones is 1. The van der Waals surface area contributed by atoms with E-state index in [0.29, 0.717) is 12.6 Å². The second-order valence-electron chi connectivity index (χ2n) is 8.74. The lowest BCUT2D eigenvalue weighted by Gasteiger charge is -2.26. The Bertz CT molecular complexity index is 866. The molecule has 0 amide bonds. The maximum absolute atomic E-state index is 12.8. The Morgan fingerprint density at radius 1 is 1.00 bits per heavy atom. The number of carbonyl (C=O) groups is 1. The van der Waals surface area contributed by atoms with Crippen molar-refractivity contribution in [2.45, 2.75) is 44.6 Å². The van der Waals surface area contributed by atoms with Gasteiger partial charge in [0.15, 0.2) is 5.78 Å². The van der Waals surface area contributed by atoms with Gasteiger partial charge in [0.2, 0.25) is 0 Å². The van der Waals surface area contributed by atoms with E-state index in [2.05, 4.69) is 56.7 Å². The number of piperidine rings is 1. The first-order valence-electron chi connectivity index (χ1n) is 11.7. The van der Waals surface area contributed by atoms with Gasteiger partial charge in [-0.15, -0.1) is 0 Å². The van der Waals surface area contributed by atoms with Crippen molar-refractivity contribution in [1.29, 1.82) is 0 Å². The number of ether oxygens (including phenoxy) is 1. The minimum atomic E-state index is 0.204. The van der Waals surface area contributed by atoms with Crippen molar-refractivity contribution in [3.05, 3.63) is 63.2 Å². The molecule has 4 nitrogen and oxygen atoms in total. The Hall–Kier alpha value is -1.44. The SMILES string of the molecule is O=C(CN1CCCC1c1cccc(OCCCN2CCCCC2)c1)c1cccc(I)c1. The van der Waals surface area contributed by atoms with Crippen LogP contribution in [0.3, 0.4) is 0 Å². The highest BCUT2D eigenvalue weighted by atomic mass is 127. The lowest BCUT2D eigenvalue weighted by molar-refractivity contribution is 0.0921. The molecule has 2 fully saturated rings. The van der Waals surface area contributed by atoms with Crippen molar-refractivity contribution in [2.24, 2.45) is 0 Å². The standard InChI is InChI=1S/C26H33IN2O2/c27-23-10-4-9-22(18-23)26(30)20-29-16-6-12-25(29)21-8-5-11-24(19-21)31-17-7-15-28-13-2-1-3-14-28/h4-5,8-11,18-19,25H,1-3,6-7,12-17,20H2. The molecule has 0 aromatic heterocycles. The molecule has 1 atom stereocenters. The third-order valence-corrected chi connectivity index (χ3v) is 7.11. The summed E-state index contributed by atoms with van der Waals surface area (Å²) in [5, 5.41) is 0. The van der Waals surface area contributed by atoms with E-state index in [1.165, 1.54) is 37.9 Å². The van der Waals surface area contributed by atoms with Crippen LogP contribution in [0.4, 0.5) is 0 Å². The molecular weight excluding hydrogens is 499 g/mol. The zero-order valence-electron chi connectivity index (χ0n) is 18.3. The Morgan fingerprint density at radius 2 is 1.84 bits per heavy atom. The minimum Gasteiger partial charge on any atom is -0.494 e. The van der Waals surface area contributed by atoms with Crippen LogP contribution in [0, 0.1) is 3.57 Å².